The average Bonchev–Trinajstić information content (AvgIpc) is 2.96. The third-order valence-electron chi connectivity index (χ3n) is 5.15. The molecule has 1 aromatic carbocycles. The van der Waals surface area contributed by atoms with E-state index < -0.39 is 23.5 Å². The number of ether oxygens (including phenoxy) is 1. The fourth-order valence-electron chi connectivity index (χ4n) is 3.65. The zero-order valence-electron chi connectivity index (χ0n) is 13.5. The van der Waals surface area contributed by atoms with Crippen molar-refractivity contribution in [3.05, 3.63) is 35.9 Å². The summed E-state index contributed by atoms with van der Waals surface area (Å²) in [5.41, 5.74) is -0.432. The summed E-state index contributed by atoms with van der Waals surface area (Å²) in [5.74, 6) is -1.88. The van der Waals surface area contributed by atoms with Gasteiger partial charge in [0.25, 0.3) is 0 Å². The maximum atomic E-state index is 14.4. The van der Waals surface area contributed by atoms with E-state index in [1.807, 2.05) is 30.3 Å². The van der Waals surface area contributed by atoms with Crippen LogP contribution in [0.15, 0.2) is 30.3 Å². The van der Waals surface area contributed by atoms with Gasteiger partial charge in [0.15, 0.2) is 5.41 Å². The molecule has 0 unspecified atom stereocenters. The van der Waals surface area contributed by atoms with Gasteiger partial charge >= 0.3 is 5.97 Å². The summed E-state index contributed by atoms with van der Waals surface area (Å²) in [6, 6.07) is 9.59. The van der Waals surface area contributed by atoms with Crippen LogP contribution in [0.5, 0.6) is 0 Å². The number of hydrogen-bond donors (Lipinski definition) is 1. The Morgan fingerprint density at radius 3 is 2.50 bits per heavy atom. The van der Waals surface area contributed by atoms with E-state index in [9.17, 15) is 19.1 Å². The first-order chi connectivity index (χ1) is 11.5. The molecule has 2 aliphatic heterocycles. The van der Waals surface area contributed by atoms with E-state index in [0.717, 1.165) is 5.56 Å². The number of halogens is 1. The SMILES string of the molecule is O=C(O)C1(C(=O)N2C[C@H](Cc3ccccc3)[C@H](F)C2)CCOCC1. The van der Waals surface area contributed by atoms with E-state index in [4.69, 9.17) is 4.74 Å². The topological polar surface area (TPSA) is 66.8 Å². The summed E-state index contributed by atoms with van der Waals surface area (Å²) in [6.07, 6.45) is -0.273. The molecule has 2 fully saturated rings. The van der Waals surface area contributed by atoms with Crippen LogP contribution in [-0.4, -0.2) is 54.4 Å². The zero-order chi connectivity index (χ0) is 17.2. The van der Waals surface area contributed by atoms with Crippen LogP contribution in [0.3, 0.4) is 0 Å². The third kappa shape index (κ3) is 3.15. The molecule has 0 saturated carbocycles. The first kappa shape index (κ1) is 16.9. The van der Waals surface area contributed by atoms with Gasteiger partial charge in [-0.1, -0.05) is 30.3 Å². The van der Waals surface area contributed by atoms with E-state index in [-0.39, 0.29) is 45.1 Å². The van der Waals surface area contributed by atoms with Crippen LogP contribution < -0.4 is 0 Å². The monoisotopic (exact) mass is 335 g/mol. The van der Waals surface area contributed by atoms with E-state index >= 15 is 0 Å². The Hall–Kier alpha value is -1.95. The molecule has 6 heteroatoms. The summed E-state index contributed by atoms with van der Waals surface area (Å²) in [6.45, 7) is 0.744. The van der Waals surface area contributed by atoms with Crippen LogP contribution in [0.25, 0.3) is 0 Å². The van der Waals surface area contributed by atoms with E-state index in [0.29, 0.717) is 6.42 Å². The highest BCUT2D eigenvalue weighted by Crippen LogP contribution is 2.36. The second-order valence-electron chi connectivity index (χ2n) is 6.68. The summed E-state index contributed by atoms with van der Waals surface area (Å²) >= 11 is 0. The first-order valence-electron chi connectivity index (χ1n) is 8.31. The second-order valence-corrected chi connectivity index (χ2v) is 6.68. The molecule has 0 radical (unpaired) electrons. The Labute approximate surface area is 140 Å². The quantitative estimate of drug-likeness (QED) is 0.854. The minimum Gasteiger partial charge on any atom is -0.480 e. The molecular formula is C18H22FNO4. The molecule has 1 N–H and O–H groups in total. The summed E-state index contributed by atoms with van der Waals surface area (Å²) < 4.78 is 19.6. The molecule has 3 rings (SSSR count). The Balaban J connectivity index is 1.71. The van der Waals surface area contributed by atoms with Crippen LogP contribution in [-0.2, 0) is 20.7 Å². The number of carboxylic acid groups (broad SMARTS) is 1. The normalized spacial score (nSPS) is 26.3. The summed E-state index contributed by atoms with van der Waals surface area (Å²) in [7, 11) is 0. The average molecular weight is 335 g/mol. The van der Waals surface area contributed by atoms with Gasteiger partial charge in [-0.3, -0.25) is 9.59 Å². The number of carbonyl (C=O) groups excluding carboxylic acids is 1. The van der Waals surface area contributed by atoms with Crippen LogP contribution in [0.1, 0.15) is 18.4 Å². The van der Waals surface area contributed by atoms with Crippen LogP contribution in [0.4, 0.5) is 4.39 Å². The fraction of sp³-hybridized carbons (Fsp3) is 0.556. The molecule has 0 bridgehead atoms. The molecule has 24 heavy (non-hydrogen) atoms. The number of aliphatic carboxylic acids is 1. The number of hydrogen-bond acceptors (Lipinski definition) is 3. The van der Waals surface area contributed by atoms with Crippen molar-refractivity contribution in [2.45, 2.75) is 25.4 Å². The van der Waals surface area contributed by atoms with Crippen LogP contribution in [0.2, 0.25) is 0 Å². The molecule has 2 aliphatic rings. The molecular weight excluding hydrogens is 313 g/mol. The Bertz CT molecular complexity index is 600. The highest BCUT2D eigenvalue weighted by Gasteiger charge is 2.51. The predicted molar refractivity (Wildman–Crippen MR) is 85.2 cm³/mol. The van der Waals surface area contributed by atoms with E-state index in [1.54, 1.807) is 0 Å². The minimum absolute atomic E-state index is 0.0216. The highest BCUT2D eigenvalue weighted by molar-refractivity contribution is 6.02. The van der Waals surface area contributed by atoms with Gasteiger partial charge in [-0.05, 0) is 24.8 Å². The molecule has 130 valence electrons. The summed E-state index contributed by atoms with van der Waals surface area (Å²) in [4.78, 5) is 26.0. The van der Waals surface area contributed by atoms with E-state index in [2.05, 4.69) is 0 Å². The van der Waals surface area contributed by atoms with Crippen molar-refractivity contribution >= 4 is 11.9 Å². The fourth-order valence-corrected chi connectivity index (χ4v) is 3.65. The molecule has 0 spiro atoms. The number of alkyl halides is 1. The van der Waals surface area contributed by atoms with E-state index in [1.165, 1.54) is 4.90 Å². The lowest BCUT2D eigenvalue weighted by molar-refractivity contribution is -0.167. The standard InChI is InChI=1S/C18H22FNO4/c19-15-12-20(11-14(15)10-13-4-2-1-3-5-13)16(21)18(17(22)23)6-8-24-9-7-18/h1-5,14-15H,6-12H2,(H,22,23)/t14-,15+/m0/s1. The van der Waals surface area contributed by atoms with Gasteiger partial charge in [0.05, 0.1) is 6.54 Å². The smallest absolute Gasteiger partial charge is 0.319 e. The summed E-state index contributed by atoms with van der Waals surface area (Å²) in [5, 5.41) is 9.59. The van der Waals surface area contributed by atoms with Crippen molar-refractivity contribution in [3.63, 3.8) is 0 Å². The maximum Gasteiger partial charge on any atom is 0.319 e. The van der Waals surface area contributed by atoms with Gasteiger partial charge in [0.1, 0.15) is 6.17 Å². The van der Waals surface area contributed by atoms with Crippen LogP contribution in [0, 0.1) is 11.3 Å². The van der Waals surface area contributed by atoms with Crippen LogP contribution >= 0.6 is 0 Å². The number of rotatable bonds is 4. The van der Waals surface area contributed by atoms with Crippen molar-refractivity contribution in [1.29, 1.82) is 0 Å². The molecule has 0 aliphatic carbocycles. The van der Waals surface area contributed by atoms with Crippen molar-refractivity contribution in [3.8, 4) is 0 Å². The lowest BCUT2D eigenvalue weighted by Crippen LogP contribution is -2.51. The lowest BCUT2D eigenvalue weighted by atomic mass is 9.79. The second kappa shape index (κ2) is 6.89. The Kier molecular flexibility index (Phi) is 4.85. The number of likely N-dealkylation sites (tertiary alicyclic amines) is 1. The Morgan fingerprint density at radius 1 is 1.21 bits per heavy atom. The zero-order valence-corrected chi connectivity index (χ0v) is 13.5. The van der Waals surface area contributed by atoms with Gasteiger partial charge in [-0.25, -0.2) is 4.39 Å². The molecule has 1 amide bonds. The molecule has 2 saturated heterocycles. The number of carbonyl (C=O) groups is 2. The molecule has 2 atom stereocenters. The molecule has 2 heterocycles. The van der Waals surface area contributed by atoms with Crippen molar-refractivity contribution in [2.75, 3.05) is 26.3 Å². The molecule has 0 aromatic heterocycles. The van der Waals surface area contributed by atoms with Crippen molar-refractivity contribution in [2.24, 2.45) is 11.3 Å². The van der Waals surface area contributed by atoms with Crippen molar-refractivity contribution < 1.29 is 23.8 Å². The number of nitrogens with zero attached hydrogens (tertiary/aromatic N) is 1. The van der Waals surface area contributed by atoms with Gasteiger partial charge in [0.2, 0.25) is 5.91 Å². The lowest BCUT2D eigenvalue weighted by Gasteiger charge is -2.34. The number of carboxylic acids is 1. The van der Waals surface area contributed by atoms with Crippen molar-refractivity contribution in [1.82, 2.24) is 4.90 Å². The first-order valence-corrected chi connectivity index (χ1v) is 8.31. The number of benzene rings is 1. The highest BCUT2D eigenvalue weighted by atomic mass is 19.1. The third-order valence-corrected chi connectivity index (χ3v) is 5.15. The largest absolute Gasteiger partial charge is 0.480 e. The predicted octanol–water partition coefficient (Wildman–Crippen LogP) is 1.91. The maximum absolute atomic E-state index is 14.4. The molecule has 1 aromatic rings. The van der Waals surface area contributed by atoms with Gasteiger partial charge in [-0.2, -0.15) is 0 Å². The van der Waals surface area contributed by atoms with Gasteiger partial charge < -0.3 is 14.7 Å². The minimum atomic E-state index is -1.46. The van der Waals surface area contributed by atoms with Gasteiger partial charge in [-0.15, -0.1) is 0 Å². The molecule has 5 nitrogen and oxygen atoms in total. The Morgan fingerprint density at radius 2 is 1.88 bits per heavy atom. The number of amides is 1. The van der Waals surface area contributed by atoms with Gasteiger partial charge in [0, 0.05) is 25.7 Å².